The summed E-state index contributed by atoms with van der Waals surface area (Å²) in [5, 5.41) is 5.97. The molecule has 1 aliphatic heterocycles. The Morgan fingerprint density at radius 1 is 1.03 bits per heavy atom. The van der Waals surface area contributed by atoms with E-state index < -0.39 is 5.41 Å². The van der Waals surface area contributed by atoms with Crippen LogP contribution in [-0.2, 0) is 4.79 Å². The van der Waals surface area contributed by atoms with Crippen LogP contribution >= 0.6 is 0 Å². The number of hydrogen-bond donors (Lipinski definition) is 2. The average Bonchev–Trinajstić information content (AvgIpc) is 2.74. The molecular formula is C24H33N5O2. The van der Waals surface area contributed by atoms with Gasteiger partial charge in [-0.3, -0.25) is 14.5 Å². The maximum atomic E-state index is 12.9. The lowest BCUT2D eigenvalue weighted by atomic mass is 9.95. The van der Waals surface area contributed by atoms with Crippen molar-refractivity contribution in [1.29, 1.82) is 0 Å². The van der Waals surface area contributed by atoms with Crippen LogP contribution in [0.15, 0.2) is 48.7 Å². The largest absolute Gasteiger partial charge is 0.354 e. The van der Waals surface area contributed by atoms with Gasteiger partial charge in [-0.05, 0) is 31.2 Å². The van der Waals surface area contributed by atoms with E-state index in [2.05, 4.69) is 25.4 Å². The second kappa shape index (κ2) is 9.92. The molecule has 0 saturated carbocycles. The molecule has 2 heterocycles. The van der Waals surface area contributed by atoms with Crippen molar-refractivity contribution in [3.63, 3.8) is 0 Å². The number of carbonyl (C=O) groups is 2. The Labute approximate surface area is 184 Å². The number of rotatable bonds is 6. The number of amides is 2. The zero-order chi connectivity index (χ0) is 22.4. The Morgan fingerprint density at radius 2 is 1.71 bits per heavy atom. The van der Waals surface area contributed by atoms with Gasteiger partial charge in [0.25, 0.3) is 5.91 Å². The molecule has 1 aliphatic rings. The number of piperazine rings is 1. The molecule has 166 valence electrons. The van der Waals surface area contributed by atoms with Gasteiger partial charge < -0.3 is 15.5 Å². The monoisotopic (exact) mass is 423 g/mol. The van der Waals surface area contributed by atoms with Crippen molar-refractivity contribution in [2.24, 2.45) is 5.41 Å². The number of aromatic nitrogens is 1. The quantitative estimate of drug-likeness (QED) is 0.747. The number of hydrogen-bond acceptors (Lipinski definition) is 5. The van der Waals surface area contributed by atoms with E-state index in [9.17, 15) is 9.59 Å². The van der Waals surface area contributed by atoms with Gasteiger partial charge in [-0.2, -0.15) is 0 Å². The topological polar surface area (TPSA) is 77.6 Å². The highest BCUT2D eigenvalue weighted by molar-refractivity contribution is 6.04. The highest BCUT2D eigenvalue weighted by Crippen LogP contribution is 2.21. The fraction of sp³-hybridized carbons (Fsp3) is 0.458. The number of nitrogens with one attached hydrogen (secondary N) is 2. The summed E-state index contributed by atoms with van der Waals surface area (Å²) >= 11 is 0. The minimum Gasteiger partial charge on any atom is -0.354 e. The molecule has 3 rings (SSSR count). The summed E-state index contributed by atoms with van der Waals surface area (Å²) in [7, 11) is 0. The third-order valence-corrected chi connectivity index (χ3v) is 5.36. The van der Waals surface area contributed by atoms with Crippen molar-refractivity contribution < 1.29 is 9.59 Å². The van der Waals surface area contributed by atoms with Crippen LogP contribution in [0.25, 0.3) is 0 Å². The number of anilines is 2. The van der Waals surface area contributed by atoms with Crippen LogP contribution in [-0.4, -0.2) is 60.5 Å². The Bertz CT molecular complexity index is 886. The highest BCUT2D eigenvalue weighted by Gasteiger charge is 2.24. The maximum Gasteiger partial charge on any atom is 0.253 e. The summed E-state index contributed by atoms with van der Waals surface area (Å²) in [4.78, 5) is 34.3. The van der Waals surface area contributed by atoms with Crippen LogP contribution in [0.3, 0.4) is 0 Å². The smallest absolute Gasteiger partial charge is 0.253 e. The molecule has 7 heteroatoms. The van der Waals surface area contributed by atoms with Crippen molar-refractivity contribution >= 4 is 23.3 Å². The molecule has 1 fully saturated rings. The normalized spacial score (nSPS) is 15.9. The van der Waals surface area contributed by atoms with E-state index in [-0.39, 0.29) is 17.9 Å². The minimum absolute atomic E-state index is 0.0136. The van der Waals surface area contributed by atoms with Gasteiger partial charge in [0.1, 0.15) is 5.82 Å². The van der Waals surface area contributed by atoms with E-state index in [1.54, 1.807) is 12.1 Å². The Morgan fingerprint density at radius 3 is 2.35 bits per heavy atom. The third kappa shape index (κ3) is 6.28. The van der Waals surface area contributed by atoms with E-state index in [1.807, 2.05) is 64.2 Å². The second-order valence-corrected chi connectivity index (χ2v) is 9.10. The molecule has 0 aliphatic carbocycles. The number of carbonyl (C=O) groups excluding carboxylic acids is 2. The molecule has 1 aromatic carbocycles. The molecule has 2 N–H and O–H groups in total. The first kappa shape index (κ1) is 22.7. The highest BCUT2D eigenvalue weighted by atomic mass is 16.2. The summed E-state index contributed by atoms with van der Waals surface area (Å²) in [6, 6.07) is 13.1. The van der Waals surface area contributed by atoms with Crippen molar-refractivity contribution in [2.45, 2.75) is 33.7 Å². The number of para-hydroxylation sites is 1. The summed E-state index contributed by atoms with van der Waals surface area (Å²) in [5.74, 6) is 0.716. The zero-order valence-corrected chi connectivity index (χ0v) is 18.9. The molecule has 1 saturated heterocycles. The van der Waals surface area contributed by atoms with Crippen LogP contribution < -0.4 is 15.5 Å². The van der Waals surface area contributed by atoms with Crippen LogP contribution in [0.1, 0.15) is 38.1 Å². The van der Waals surface area contributed by atoms with Gasteiger partial charge >= 0.3 is 0 Å². The van der Waals surface area contributed by atoms with E-state index in [0.29, 0.717) is 11.3 Å². The van der Waals surface area contributed by atoms with Gasteiger partial charge in [0.2, 0.25) is 5.91 Å². The molecule has 1 atom stereocenters. The van der Waals surface area contributed by atoms with Gasteiger partial charge in [0, 0.05) is 50.4 Å². The van der Waals surface area contributed by atoms with Crippen LogP contribution in [0.2, 0.25) is 0 Å². The molecule has 0 radical (unpaired) electrons. The zero-order valence-electron chi connectivity index (χ0n) is 18.9. The summed E-state index contributed by atoms with van der Waals surface area (Å²) in [5.41, 5.74) is 0.483. The number of nitrogens with zero attached hydrogens (tertiary/aromatic N) is 3. The van der Waals surface area contributed by atoms with Gasteiger partial charge in [0.15, 0.2) is 0 Å². The molecule has 31 heavy (non-hydrogen) atoms. The first-order valence-corrected chi connectivity index (χ1v) is 10.8. The molecular weight excluding hydrogens is 390 g/mol. The number of pyridine rings is 1. The van der Waals surface area contributed by atoms with Crippen molar-refractivity contribution in [3.8, 4) is 0 Å². The molecule has 0 bridgehead atoms. The lowest BCUT2D eigenvalue weighted by Crippen LogP contribution is -2.51. The molecule has 1 unspecified atom stereocenters. The van der Waals surface area contributed by atoms with Crippen LogP contribution in [0, 0.1) is 5.41 Å². The fourth-order valence-electron chi connectivity index (χ4n) is 3.53. The van der Waals surface area contributed by atoms with E-state index in [4.69, 9.17) is 0 Å². The van der Waals surface area contributed by atoms with Gasteiger partial charge in [-0.25, -0.2) is 4.98 Å². The Kier molecular flexibility index (Phi) is 7.28. The SMILES string of the molecule is CC(CN1CCN(c2ccccn2)CC1)NC(=O)c1ccccc1NC(=O)C(C)(C)C. The van der Waals surface area contributed by atoms with Crippen molar-refractivity contribution in [1.82, 2.24) is 15.2 Å². The Balaban J connectivity index is 1.53. The standard InChI is InChI=1S/C24H33N5O2/c1-18(17-28-13-15-29(16-14-28)21-11-7-8-12-25-21)26-22(30)19-9-5-6-10-20(19)27-23(31)24(2,3)4/h5-12,18H,13-17H2,1-4H3,(H,26,30)(H,27,31). The third-order valence-electron chi connectivity index (χ3n) is 5.36. The van der Waals surface area contributed by atoms with Gasteiger partial charge in [-0.15, -0.1) is 0 Å². The van der Waals surface area contributed by atoms with Gasteiger partial charge in [0.05, 0.1) is 11.3 Å². The first-order chi connectivity index (χ1) is 14.7. The Hall–Kier alpha value is -2.93. The summed E-state index contributed by atoms with van der Waals surface area (Å²) < 4.78 is 0. The summed E-state index contributed by atoms with van der Waals surface area (Å²) in [6.45, 7) is 12.0. The maximum absolute atomic E-state index is 12.9. The predicted octanol–water partition coefficient (Wildman–Crippen LogP) is 3.01. The van der Waals surface area contributed by atoms with Gasteiger partial charge in [-0.1, -0.05) is 39.0 Å². The van der Waals surface area contributed by atoms with E-state index in [1.165, 1.54) is 0 Å². The predicted molar refractivity (Wildman–Crippen MR) is 124 cm³/mol. The summed E-state index contributed by atoms with van der Waals surface area (Å²) in [6.07, 6.45) is 1.82. The minimum atomic E-state index is -0.533. The van der Waals surface area contributed by atoms with Crippen LogP contribution in [0.5, 0.6) is 0 Å². The first-order valence-electron chi connectivity index (χ1n) is 10.8. The molecule has 7 nitrogen and oxygen atoms in total. The van der Waals surface area contributed by atoms with E-state index >= 15 is 0 Å². The molecule has 2 aromatic rings. The van der Waals surface area contributed by atoms with E-state index in [0.717, 1.165) is 38.5 Å². The second-order valence-electron chi connectivity index (χ2n) is 9.10. The van der Waals surface area contributed by atoms with Crippen molar-refractivity contribution in [3.05, 3.63) is 54.2 Å². The molecule has 1 aromatic heterocycles. The van der Waals surface area contributed by atoms with Crippen molar-refractivity contribution in [2.75, 3.05) is 42.9 Å². The molecule has 2 amide bonds. The fourth-order valence-corrected chi connectivity index (χ4v) is 3.53. The molecule has 0 spiro atoms. The average molecular weight is 424 g/mol. The lowest BCUT2D eigenvalue weighted by Gasteiger charge is -2.36. The lowest BCUT2D eigenvalue weighted by molar-refractivity contribution is -0.123. The number of benzene rings is 1. The van der Waals surface area contributed by atoms with Crippen LogP contribution in [0.4, 0.5) is 11.5 Å².